The predicted octanol–water partition coefficient (Wildman–Crippen LogP) is 2.44. The van der Waals surface area contributed by atoms with Gasteiger partial charge in [-0.3, -0.25) is 4.79 Å². The SMILES string of the molecule is CN1CCc2nnc([C@@H]3CCCN(C(=O)CC4CCCCC4)C3)n2CC1. The van der Waals surface area contributed by atoms with E-state index in [-0.39, 0.29) is 0 Å². The fraction of sp³-hybridized carbons (Fsp3) is 0.850. The number of amides is 1. The van der Waals surface area contributed by atoms with Crippen molar-refractivity contribution < 1.29 is 4.79 Å². The van der Waals surface area contributed by atoms with Crippen LogP contribution in [-0.2, 0) is 17.8 Å². The zero-order chi connectivity index (χ0) is 17.9. The van der Waals surface area contributed by atoms with Crippen LogP contribution in [0.3, 0.4) is 0 Å². The fourth-order valence-electron chi connectivity index (χ4n) is 4.93. The molecule has 26 heavy (non-hydrogen) atoms. The van der Waals surface area contributed by atoms with Gasteiger partial charge in [0.2, 0.25) is 5.91 Å². The summed E-state index contributed by atoms with van der Waals surface area (Å²) in [5, 5.41) is 9.03. The number of rotatable bonds is 3. The van der Waals surface area contributed by atoms with Crippen LogP contribution < -0.4 is 0 Å². The van der Waals surface area contributed by atoms with Gasteiger partial charge in [-0.2, -0.15) is 0 Å². The largest absolute Gasteiger partial charge is 0.342 e. The van der Waals surface area contributed by atoms with Crippen molar-refractivity contribution in [3.63, 3.8) is 0 Å². The van der Waals surface area contributed by atoms with E-state index >= 15 is 0 Å². The van der Waals surface area contributed by atoms with Crippen molar-refractivity contribution in [1.82, 2.24) is 24.6 Å². The van der Waals surface area contributed by atoms with Crippen LogP contribution in [0, 0.1) is 5.92 Å². The van der Waals surface area contributed by atoms with Gasteiger partial charge in [0.15, 0.2) is 0 Å². The molecular formula is C20H33N5O. The Labute approximate surface area is 156 Å². The minimum Gasteiger partial charge on any atom is -0.342 e. The van der Waals surface area contributed by atoms with Crippen molar-refractivity contribution in [1.29, 1.82) is 0 Å². The van der Waals surface area contributed by atoms with Gasteiger partial charge in [0.25, 0.3) is 0 Å². The average Bonchev–Trinajstić information content (AvgIpc) is 2.99. The number of nitrogens with zero attached hydrogens (tertiary/aromatic N) is 5. The van der Waals surface area contributed by atoms with E-state index < -0.39 is 0 Å². The number of piperidine rings is 1. The topological polar surface area (TPSA) is 54.3 Å². The number of hydrogen-bond donors (Lipinski definition) is 0. The van der Waals surface area contributed by atoms with Crippen molar-refractivity contribution >= 4 is 5.91 Å². The maximum Gasteiger partial charge on any atom is 0.222 e. The lowest BCUT2D eigenvalue weighted by atomic mass is 9.86. The summed E-state index contributed by atoms with van der Waals surface area (Å²) in [6, 6.07) is 0. The number of carbonyl (C=O) groups is 1. The van der Waals surface area contributed by atoms with Gasteiger partial charge in [-0.1, -0.05) is 19.3 Å². The molecule has 0 N–H and O–H groups in total. The lowest BCUT2D eigenvalue weighted by Gasteiger charge is -2.34. The third kappa shape index (κ3) is 3.95. The Morgan fingerprint density at radius 2 is 1.85 bits per heavy atom. The van der Waals surface area contributed by atoms with Crippen LogP contribution >= 0.6 is 0 Å². The van der Waals surface area contributed by atoms with Crippen LogP contribution in [0.15, 0.2) is 0 Å². The van der Waals surface area contributed by atoms with E-state index in [4.69, 9.17) is 0 Å². The molecule has 6 heteroatoms. The first kappa shape index (κ1) is 18.0. The Hall–Kier alpha value is -1.43. The molecule has 1 aromatic rings. The van der Waals surface area contributed by atoms with Crippen molar-refractivity contribution in [2.75, 3.05) is 33.2 Å². The van der Waals surface area contributed by atoms with Gasteiger partial charge in [-0.25, -0.2) is 0 Å². The summed E-state index contributed by atoms with van der Waals surface area (Å²) in [6.45, 7) is 4.83. The molecule has 6 nitrogen and oxygen atoms in total. The summed E-state index contributed by atoms with van der Waals surface area (Å²) >= 11 is 0. The molecule has 1 amide bonds. The second-order valence-corrected chi connectivity index (χ2v) is 8.57. The summed E-state index contributed by atoms with van der Waals surface area (Å²) < 4.78 is 2.34. The Kier molecular flexibility index (Phi) is 5.57. The van der Waals surface area contributed by atoms with E-state index in [0.29, 0.717) is 17.7 Å². The second kappa shape index (κ2) is 8.07. The molecule has 1 saturated heterocycles. The van der Waals surface area contributed by atoms with Crippen molar-refractivity contribution in [3.8, 4) is 0 Å². The Bertz CT molecular complexity index is 622. The van der Waals surface area contributed by atoms with E-state index in [1.807, 2.05) is 0 Å². The zero-order valence-electron chi connectivity index (χ0n) is 16.2. The Morgan fingerprint density at radius 3 is 2.69 bits per heavy atom. The highest BCUT2D eigenvalue weighted by Crippen LogP contribution is 2.30. The molecule has 0 aromatic carbocycles. The Morgan fingerprint density at radius 1 is 1.00 bits per heavy atom. The van der Waals surface area contributed by atoms with E-state index in [1.54, 1.807) is 0 Å². The molecule has 1 atom stereocenters. The van der Waals surface area contributed by atoms with Crippen molar-refractivity contribution in [3.05, 3.63) is 11.6 Å². The zero-order valence-corrected chi connectivity index (χ0v) is 16.2. The second-order valence-electron chi connectivity index (χ2n) is 8.57. The monoisotopic (exact) mass is 359 g/mol. The van der Waals surface area contributed by atoms with Crippen molar-refractivity contribution in [2.24, 2.45) is 5.92 Å². The maximum atomic E-state index is 12.8. The smallest absolute Gasteiger partial charge is 0.222 e. The third-order valence-corrected chi connectivity index (χ3v) is 6.61. The first-order valence-corrected chi connectivity index (χ1v) is 10.6. The molecule has 1 aromatic heterocycles. The number of hydrogen-bond acceptors (Lipinski definition) is 4. The van der Waals surface area contributed by atoms with Gasteiger partial charge < -0.3 is 14.4 Å². The quantitative estimate of drug-likeness (QED) is 0.832. The molecule has 144 valence electrons. The molecule has 2 fully saturated rings. The summed E-state index contributed by atoms with van der Waals surface area (Å²) in [6.07, 6.45) is 10.4. The van der Waals surface area contributed by atoms with Gasteiger partial charge in [0.05, 0.1) is 0 Å². The van der Waals surface area contributed by atoms with Crippen LogP contribution in [0.4, 0.5) is 0 Å². The van der Waals surface area contributed by atoms with Gasteiger partial charge in [0, 0.05) is 51.5 Å². The van der Waals surface area contributed by atoms with Gasteiger partial charge in [-0.05, 0) is 38.6 Å². The highest BCUT2D eigenvalue weighted by atomic mass is 16.2. The van der Waals surface area contributed by atoms with E-state index in [9.17, 15) is 4.79 Å². The molecule has 3 aliphatic rings. The lowest BCUT2D eigenvalue weighted by molar-refractivity contribution is -0.133. The first-order chi connectivity index (χ1) is 12.7. The summed E-state index contributed by atoms with van der Waals surface area (Å²) in [5.74, 6) is 3.58. The Balaban J connectivity index is 1.41. The molecule has 2 aliphatic heterocycles. The standard InChI is InChI=1S/C20H33N5O/c1-23-11-9-18-21-22-20(25(18)13-12-23)17-8-5-10-24(15-17)19(26)14-16-6-3-2-4-7-16/h16-17H,2-15H2,1H3/t17-/m1/s1. The fourth-order valence-corrected chi connectivity index (χ4v) is 4.93. The third-order valence-electron chi connectivity index (χ3n) is 6.61. The molecular weight excluding hydrogens is 326 g/mol. The highest BCUT2D eigenvalue weighted by Gasteiger charge is 2.30. The average molecular weight is 360 g/mol. The van der Waals surface area contributed by atoms with Crippen LogP contribution in [-0.4, -0.2) is 63.7 Å². The number of aromatic nitrogens is 3. The van der Waals surface area contributed by atoms with E-state index in [0.717, 1.165) is 70.1 Å². The molecule has 1 saturated carbocycles. The molecule has 3 heterocycles. The first-order valence-electron chi connectivity index (χ1n) is 10.6. The minimum atomic E-state index is 0.351. The predicted molar refractivity (Wildman–Crippen MR) is 101 cm³/mol. The number of likely N-dealkylation sites (N-methyl/N-ethyl adjacent to an activating group) is 1. The lowest BCUT2D eigenvalue weighted by Crippen LogP contribution is -2.40. The number of fused-ring (bicyclic) bond motifs is 1. The number of carbonyl (C=O) groups excluding carboxylic acids is 1. The molecule has 0 unspecified atom stereocenters. The summed E-state index contributed by atoms with van der Waals surface area (Å²) in [4.78, 5) is 17.3. The summed E-state index contributed by atoms with van der Waals surface area (Å²) in [7, 11) is 2.17. The van der Waals surface area contributed by atoms with Gasteiger partial charge in [-0.15, -0.1) is 10.2 Å². The van der Waals surface area contributed by atoms with E-state index in [1.165, 1.54) is 32.1 Å². The van der Waals surface area contributed by atoms with Crippen LogP contribution in [0.1, 0.15) is 68.9 Å². The van der Waals surface area contributed by atoms with Crippen LogP contribution in [0.5, 0.6) is 0 Å². The highest BCUT2D eigenvalue weighted by molar-refractivity contribution is 5.76. The molecule has 0 radical (unpaired) electrons. The van der Waals surface area contributed by atoms with E-state index in [2.05, 4.69) is 31.6 Å². The number of likely N-dealkylation sites (tertiary alicyclic amines) is 1. The van der Waals surface area contributed by atoms with Gasteiger partial charge >= 0.3 is 0 Å². The molecule has 0 spiro atoms. The van der Waals surface area contributed by atoms with Crippen molar-refractivity contribution in [2.45, 2.75) is 70.3 Å². The normalized spacial score (nSPS) is 25.7. The molecule has 4 rings (SSSR count). The van der Waals surface area contributed by atoms with Crippen LogP contribution in [0.2, 0.25) is 0 Å². The van der Waals surface area contributed by atoms with Crippen LogP contribution in [0.25, 0.3) is 0 Å². The molecule has 1 aliphatic carbocycles. The maximum absolute atomic E-state index is 12.8. The molecule has 0 bridgehead atoms. The minimum absolute atomic E-state index is 0.351. The van der Waals surface area contributed by atoms with Gasteiger partial charge in [0.1, 0.15) is 11.6 Å². The summed E-state index contributed by atoms with van der Waals surface area (Å²) in [5.41, 5.74) is 0.